The molecule has 0 aromatic carbocycles. The normalized spacial score (nSPS) is 34.6. The molecule has 0 unspecified atom stereocenters. The van der Waals surface area contributed by atoms with Gasteiger partial charge in [0.25, 0.3) is 0 Å². The number of carbonyl (C=O) groups is 2. The van der Waals surface area contributed by atoms with E-state index in [1.165, 1.54) is 12.5 Å². The van der Waals surface area contributed by atoms with Gasteiger partial charge in [0, 0.05) is 12.8 Å². The van der Waals surface area contributed by atoms with Gasteiger partial charge in [0.15, 0.2) is 0 Å². The Morgan fingerprint density at radius 3 is 2.22 bits per heavy atom. The highest BCUT2D eigenvalue weighted by Gasteiger charge is 2.64. The number of allylic oxidation sites excluding steroid dienone is 4. The molecule has 0 heterocycles. The number of hydrogen-bond acceptors (Lipinski definition) is 4. The predicted molar refractivity (Wildman–Crippen MR) is 107 cm³/mol. The summed E-state index contributed by atoms with van der Waals surface area (Å²) < 4.78 is 5.74. The van der Waals surface area contributed by atoms with Crippen LogP contribution in [0.25, 0.3) is 0 Å². The Hall–Kier alpha value is -1.42. The average molecular weight is 377 g/mol. The van der Waals surface area contributed by atoms with Crippen LogP contribution in [0.3, 0.4) is 0 Å². The topological polar surface area (TPSA) is 63.6 Å². The maximum absolute atomic E-state index is 13.6. The van der Waals surface area contributed by atoms with Gasteiger partial charge in [-0.05, 0) is 64.7 Å². The molecule has 0 aromatic heterocycles. The van der Waals surface area contributed by atoms with E-state index in [1.54, 1.807) is 0 Å². The summed E-state index contributed by atoms with van der Waals surface area (Å²) >= 11 is 0. The molecule has 4 nitrogen and oxygen atoms in total. The Morgan fingerprint density at radius 1 is 1.11 bits per heavy atom. The number of Topliss-reactive ketones (excluding diaryl/α,β-unsaturated/α-hetero) is 1. The summed E-state index contributed by atoms with van der Waals surface area (Å²) in [5.41, 5.74) is 1.21. The lowest BCUT2D eigenvalue weighted by Crippen LogP contribution is -2.65. The van der Waals surface area contributed by atoms with Crippen LogP contribution in [0.2, 0.25) is 0 Å². The quantitative estimate of drug-likeness (QED) is 0.562. The number of ketones is 1. The maximum atomic E-state index is 13.6. The van der Waals surface area contributed by atoms with Gasteiger partial charge in [0.1, 0.15) is 11.9 Å². The number of aliphatic hydroxyl groups excluding tert-OH is 1. The molecular formula is C23H36O4. The van der Waals surface area contributed by atoms with E-state index in [0.717, 1.165) is 12.0 Å². The molecule has 0 radical (unpaired) electrons. The Labute approximate surface area is 164 Å². The highest BCUT2D eigenvalue weighted by Crippen LogP contribution is 2.58. The highest BCUT2D eigenvalue weighted by molar-refractivity contribution is 5.91. The number of fused-ring (bicyclic) bond motifs is 2. The molecule has 4 heteroatoms. The van der Waals surface area contributed by atoms with E-state index >= 15 is 0 Å². The lowest BCUT2D eigenvalue weighted by atomic mass is 9.47. The maximum Gasteiger partial charge on any atom is 0.302 e. The zero-order chi connectivity index (χ0) is 20.6. The third-order valence-electron chi connectivity index (χ3n) is 6.41. The third kappa shape index (κ3) is 4.37. The fraction of sp³-hybridized carbons (Fsp3) is 0.739. The van der Waals surface area contributed by atoms with Gasteiger partial charge >= 0.3 is 5.97 Å². The van der Waals surface area contributed by atoms with Gasteiger partial charge in [-0.1, -0.05) is 37.1 Å². The van der Waals surface area contributed by atoms with E-state index in [2.05, 4.69) is 12.2 Å². The molecule has 2 saturated carbocycles. The number of rotatable bonds is 5. The van der Waals surface area contributed by atoms with E-state index in [4.69, 9.17) is 4.74 Å². The van der Waals surface area contributed by atoms with Gasteiger partial charge in [-0.3, -0.25) is 9.59 Å². The molecule has 2 fully saturated rings. The first-order valence-corrected chi connectivity index (χ1v) is 10.1. The molecule has 0 aliphatic heterocycles. The van der Waals surface area contributed by atoms with Gasteiger partial charge < -0.3 is 9.84 Å². The molecule has 2 rings (SSSR count). The van der Waals surface area contributed by atoms with E-state index in [1.807, 2.05) is 41.5 Å². The van der Waals surface area contributed by atoms with Crippen LogP contribution in [0.4, 0.5) is 0 Å². The summed E-state index contributed by atoms with van der Waals surface area (Å²) in [6.07, 6.45) is 5.61. The second kappa shape index (κ2) is 7.90. The molecule has 152 valence electrons. The zero-order valence-corrected chi connectivity index (χ0v) is 18.0. The SMILES string of the molecule is CC(=O)O[C@@H]1CC(C)(C)[C@@H]2C(=O)[C@@]1(CC=C(C)C)C[C@H](CC=C(C)C)[C@H]2O. The number of ether oxygens (including phenoxy) is 1. The van der Waals surface area contributed by atoms with Crippen LogP contribution >= 0.6 is 0 Å². The predicted octanol–water partition coefficient (Wildman–Crippen LogP) is 4.61. The molecule has 0 spiro atoms. The molecule has 2 aliphatic carbocycles. The van der Waals surface area contributed by atoms with Crippen molar-refractivity contribution in [2.24, 2.45) is 22.7 Å². The van der Waals surface area contributed by atoms with Gasteiger partial charge in [-0.25, -0.2) is 0 Å². The van der Waals surface area contributed by atoms with Crippen molar-refractivity contribution in [3.05, 3.63) is 23.3 Å². The van der Waals surface area contributed by atoms with E-state index in [-0.39, 0.29) is 17.7 Å². The van der Waals surface area contributed by atoms with Crippen LogP contribution in [0.5, 0.6) is 0 Å². The number of aliphatic hydroxyl groups is 1. The summed E-state index contributed by atoms with van der Waals surface area (Å²) in [6, 6.07) is 0. The molecule has 1 N–H and O–H groups in total. The molecule has 27 heavy (non-hydrogen) atoms. The van der Waals surface area contributed by atoms with Crippen LogP contribution in [0, 0.1) is 22.7 Å². The van der Waals surface area contributed by atoms with Crippen molar-refractivity contribution < 1.29 is 19.4 Å². The molecule has 2 bridgehead atoms. The zero-order valence-electron chi connectivity index (χ0n) is 18.0. The standard InChI is InChI=1S/C23H36O4/c1-14(2)8-9-17-12-23(11-10-15(3)4)18(27-16(5)24)13-22(6,7)19(20(17)25)21(23)26/h8,10,17-20,25H,9,11-13H2,1-7H3/t17-,18+,19-,20+,23-/m0/s1. The first kappa shape index (κ1) is 21.9. The largest absolute Gasteiger partial charge is 0.461 e. The minimum absolute atomic E-state index is 0.00852. The molecule has 5 atom stereocenters. The van der Waals surface area contributed by atoms with Crippen molar-refractivity contribution in [3.8, 4) is 0 Å². The first-order chi connectivity index (χ1) is 12.4. The second-order valence-corrected chi connectivity index (χ2v) is 9.75. The Balaban J connectivity index is 2.54. The van der Waals surface area contributed by atoms with Crippen molar-refractivity contribution in [3.63, 3.8) is 0 Å². The van der Waals surface area contributed by atoms with E-state index in [0.29, 0.717) is 19.3 Å². The van der Waals surface area contributed by atoms with Crippen molar-refractivity contribution >= 4 is 11.8 Å². The van der Waals surface area contributed by atoms with Crippen LogP contribution in [-0.4, -0.2) is 29.1 Å². The summed E-state index contributed by atoms with van der Waals surface area (Å²) in [5.74, 6) is -0.695. The van der Waals surface area contributed by atoms with Gasteiger partial charge in [0.05, 0.1) is 11.5 Å². The van der Waals surface area contributed by atoms with E-state index < -0.39 is 29.0 Å². The van der Waals surface area contributed by atoms with Crippen molar-refractivity contribution in [2.75, 3.05) is 0 Å². The summed E-state index contributed by atoms with van der Waals surface area (Å²) in [4.78, 5) is 25.5. The Bertz CT molecular complexity index is 649. The van der Waals surface area contributed by atoms with Gasteiger partial charge in [0.2, 0.25) is 0 Å². The van der Waals surface area contributed by atoms with Crippen molar-refractivity contribution in [1.29, 1.82) is 0 Å². The summed E-state index contributed by atoms with van der Waals surface area (Å²) in [6.45, 7) is 13.6. The number of hydrogen-bond donors (Lipinski definition) is 1. The first-order valence-electron chi connectivity index (χ1n) is 10.1. The van der Waals surface area contributed by atoms with Crippen molar-refractivity contribution in [1.82, 2.24) is 0 Å². The lowest BCUT2D eigenvalue weighted by Gasteiger charge is -2.58. The van der Waals surface area contributed by atoms with Crippen LogP contribution in [0.1, 0.15) is 74.1 Å². The fourth-order valence-corrected chi connectivity index (χ4v) is 5.00. The van der Waals surface area contributed by atoms with Crippen LogP contribution < -0.4 is 0 Å². The highest BCUT2D eigenvalue weighted by atomic mass is 16.5. The lowest BCUT2D eigenvalue weighted by molar-refractivity contribution is -0.195. The minimum Gasteiger partial charge on any atom is -0.461 e. The molecule has 0 aromatic rings. The van der Waals surface area contributed by atoms with Crippen LogP contribution in [0.15, 0.2) is 23.3 Å². The Kier molecular flexibility index (Phi) is 6.40. The molecule has 2 aliphatic rings. The fourth-order valence-electron chi connectivity index (χ4n) is 5.00. The van der Waals surface area contributed by atoms with Gasteiger partial charge in [-0.15, -0.1) is 0 Å². The average Bonchev–Trinajstić information content (AvgIpc) is 2.50. The smallest absolute Gasteiger partial charge is 0.302 e. The number of esters is 1. The van der Waals surface area contributed by atoms with Crippen molar-refractivity contribution in [2.45, 2.75) is 86.4 Å². The summed E-state index contributed by atoms with van der Waals surface area (Å²) in [7, 11) is 0. The monoisotopic (exact) mass is 376 g/mol. The second-order valence-electron chi connectivity index (χ2n) is 9.75. The minimum atomic E-state index is -0.734. The third-order valence-corrected chi connectivity index (χ3v) is 6.41. The molecule has 0 amide bonds. The van der Waals surface area contributed by atoms with Gasteiger partial charge in [-0.2, -0.15) is 0 Å². The Morgan fingerprint density at radius 2 is 1.70 bits per heavy atom. The van der Waals surface area contributed by atoms with E-state index in [9.17, 15) is 14.7 Å². The molecular weight excluding hydrogens is 340 g/mol. The van der Waals surface area contributed by atoms with Crippen LogP contribution in [-0.2, 0) is 14.3 Å². The molecule has 0 saturated heterocycles. The number of carbonyl (C=O) groups excluding carboxylic acids is 2. The summed E-state index contributed by atoms with van der Waals surface area (Å²) in [5, 5.41) is 11.1.